The van der Waals surface area contributed by atoms with Gasteiger partial charge in [0.15, 0.2) is 5.82 Å². The van der Waals surface area contributed by atoms with Crippen LogP contribution in [0.15, 0.2) is 23.2 Å². The Bertz CT molecular complexity index is 548. The van der Waals surface area contributed by atoms with Gasteiger partial charge in [-0.2, -0.15) is 5.10 Å². The summed E-state index contributed by atoms with van der Waals surface area (Å²) in [6.07, 6.45) is 4.66. The number of amides is 1. The lowest BCUT2D eigenvalue weighted by atomic mass is 10.2. The highest BCUT2D eigenvalue weighted by molar-refractivity contribution is 9.10. The van der Waals surface area contributed by atoms with Crippen LogP contribution in [0.3, 0.4) is 0 Å². The first-order valence-electron chi connectivity index (χ1n) is 4.85. The molecule has 0 radical (unpaired) electrons. The number of rotatable bonds is 2. The monoisotopic (exact) mass is 295 g/mol. The van der Waals surface area contributed by atoms with Crippen molar-refractivity contribution in [2.45, 2.75) is 6.92 Å². The van der Waals surface area contributed by atoms with E-state index in [4.69, 9.17) is 0 Å². The Morgan fingerprint density at radius 2 is 2.18 bits per heavy atom. The van der Waals surface area contributed by atoms with Gasteiger partial charge >= 0.3 is 0 Å². The van der Waals surface area contributed by atoms with Crippen molar-refractivity contribution in [3.8, 4) is 0 Å². The smallest absolute Gasteiger partial charge is 0.260 e. The SMILES string of the molecule is Cc1nn(C)cc1C(=O)Nc1cnc(Br)cn1. The van der Waals surface area contributed by atoms with Gasteiger partial charge in [-0.05, 0) is 22.9 Å². The van der Waals surface area contributed by atoms with Gasteiger partial charge < -0.3 is 5.32 Å². The molecule has 2 aromatic heterocycles. The Morgan fingerprint density at radius 3 is 2.71 bits per heavy atom. The molecule has 0 spiro atoms. The molecule has 0 aliphatic heterocycles. The number of carbonyl (C=O) groups is 1. The van der Waals surface area contributed by atoms with Crippen LogP contribution in [0.1, 0.15) is 16.1 Å². The van der Waals surface area contributed by atoms with Crippen LogP contribution in [-0.2, 0) is 7.05 Å². The minimum absolute atomic E-state index is 0.243. The zero-order valence-corrected chi connectivity index (χ0v) is 10.9. The number of nitrogens with zero attached hydrogens (tertiary/aromatic N) is 4. The van der Waals surface area contributed by atoms with Crippen molar-refractivity contribution in [3.05, 3.63) is 34.5 Å². The molecule has 0 unspecified atom stereocenters. The van der Waals surface area contributed by atoms with Gasteiger partial charge in [0.05, 0.1) is 23.7 Å². The normalized spacial score (nSPS) is 10.3. The molecule has 7 heteroatoms. The highest BCUT2D eigenvalue weighted by atomic mass is 79.9. The summed E-state index contributed by atoms with van der Waals surface area (Å²) in [6.45, 7) is 1.78. The molecule has 2 rings (SSSR count). The second kappa shape index (κ2) is 4.62. The minimum Gasteiger partial charge on any atom is -0.305 e. The molecule has 0 bridgehead atoms. The topological polar surface area (TPSA) is 72.7 Å². The number of hydrogen-bond acceptors (Lipinski definition) is 4. The number of aromatic nitrogens is 4. The lowest BCUT2D eigenvalue weighted by Crippen LogP contribution is -2.13. The third-order valence-corrected chi connectivity index (χ3v) is 2.53. The summed E-state index contributed by atoms with van der Waals surface area (Å²) in [5, 5.41) is 6.75. The van der Waals surface area contributed by atoms with Crippen molar-refractivity contribution in [2.75, 3.05) is 5.32 Å². The molecule has 0 atom stereocenters. The molecule has 2 heterocycles. The highest BCUT2D eigenvalue weighted by Crippen LogP contribution is 2.10. The minimum atomic E-state index is -0.243. The van der Waals surface area contributed by atoms with E-state index in [-0.39, 0.29) is 5.91 Å². The van der Waals surface area contributed by atoms with E-state index in [0.717, 1.165) is 0 Å². The quantitative estimate of drug-likeness (QED) is 0.912. The van der Waals surface area contributed by atoms with E-state index in [9.17, 15) is 4.79 Å². The first-order chi connectivity index (χ1) is 8.06. The van der Waals surface area contributed by atoms with Crippen molar-refractivity contribution in [1.82, 2.24) is 19.7 Å². The summed E-state index contributed by atoms with van der Waals surface area (Å²) in [5.41, 5.74) is 1.20. The zero-order chi connectivity index (χ0) is 12.4. The number of anilines is 1. The van der Waals surface area contributed by atoms with E-state index >= 15 is 0 Å². The molecular weight excluding hydrogens is 286 g/mol. The van der Waals surface area contributed by atoms with Gasteiger partial charge in [-0.15, -0.1) is 0 Å². The molecule has 88 valence electrons. The van der Waals surface area contributed by atoms with E-state index in [1.807, 2.05) is 0 Å². The molecule has 0 aromatic carbocycles. The molecule has 0 saturated heterocycles. The van der Waals surface area contributed by atoms with Crippen LogP contribution in [0.2, 0.25) is 0 Å². The van der Waals surface area contributed by atoms with Crippen LogP contribution in [-0.4, -0.2) is 25.7 Å². The number of nitrogens with one attached hydrogen (secondary N) is 1. The van der Waals surface area contributed by atoms with Crippen molar-refractivity contribution in [3.63, 3.8) is 0 Å². The summed E-state index contributed by atoms with van der Waals surface area (Å²) in [4.78, 5) is 19.9. The average molecular weight is 296 g/mol. The lowest BCUT2D eigenvalue weighted by Gasteiger charge is -2.02. The second-order valence-corrected chi connectivity index (χ2v) is 4.29. The van der Waals surface area contributed by atoms with Crippen LogP contribution in [0.4, 0.5) is 5.82 Å². The van der Waals surface area contributed by atoms with Gasteiger partial charge in [0, 0.05) is 13.2 Å². The number of halogens is 1. The standard InChI is InChI=1S/C10H10BrN5O/c1-6-7(5-16(2)15-6)10(17)14-9-4-12-8(11)3-13-9/h3-5H,1-2H3,(H,13,14,17). The van der Waals surface area contributed by atoms with Crippen LogP contribution in [0.25, 0.3) is 0 Å². The number of carbonyl (C=O) groups excluding carboxylic acids is 1. The third-order valence-electron chi connectivity index (χ3n) is 2.12. The van der Waals surface area contributed by atoms with Gasteiger partial charge in [0.2, 0.25) is 0 Å². The van der Waals surface area contributed by atoms with E-state index in [1.165, 1.54) is 12.4 Å². The van der Waals surface area contributed by atoms with Crippen LogP contribution in [0.5, 0.6) is 0 Å². The molecule has 6 nitrogen and oxygen atoms in total. The summed E-state index contributed by atoms with van der Waals surface area (Å²) in [6, 6.07) is 0. The first kappa shape index (κ1) is 11.7. The fourth-order valence-corrected chi connectivity index (χ4v) is 1.59. The molecular formula is C10H10BrN5O. The maximum Gasteiger partial charge on any atom is 0.260 e. The average Bonchev–Trinajstić information content (AvgIpc) is 2.61. The molecule has 17 heavy (non-hydrogen) atoms. The summed E-state index contributed by atoms with van der Waals surface area (Å²) in [5.74, 6) is 0.161. The Kier molecular flexibility index (Phi) is 3.19. The van der Waals surface area contributed by atoms with Gasteiger partial charge in [0.25, 0.3) is 5.91 Å². The highest BCUT2D eigenvalue weighted by Gasteiger charge is 2.13. The molecule has 2 aromatic rings. The van der Waals surface area contributed by atoms with Gasteiger partial charge in [-0.25, -0.2) is 9.97 Å². The number of hydrogen-bond donors (Lipinski definition) is 1. The summed E-state index contributed by atoms with van der Waals surface area (Å²) < 4.78 is 2.21. The van der Waals surface area contributed by atoms with Gasteiger partial charge in [-0.1, -0.05) is 0 Å². The third kappa shape index (κ3) is 2.68. The Hall–Kier alpha value is -1.76. The predicted molar refractivity (Wildman–Crippen MR) is 65.6 cm³/mol. The van der Waals surface area contributed by atoms with Gasteiger partial charge in [0.1, 0.15) is 4.60 Å². The fraction of sp³-hybridized carbons (Fsp3) is 0.200. The largest absolute Gasteiger partial charge is 0.305 e. The Labute approximate surface area is 106 Å². The van der Waals surface area contributed by atoms with E-state index in [2.05, 4.69) is 36.3 Å². The zero-order valence-electron chi connectivity index (χ0n) is 9.31. The predicted octanol–water partition coefficient (Wildman–Crippen LogP) is 1.53. The Morgan fingerprint density at radius 1 is 1.41 bits per heavy atom. The maximum atomic E-state index is 11.9. The molecule has 0 aliphatic rings. The molecule has 0 saturated carbocycles. The number of aryl methyl sites for hydroxylation is 2. The summed E-state index contributed by atoms with van der Waals surface area (Å²) >= 11 is 3.17. The van der Waals surface area contributed by atoms with Gasteiger partial charge in [-0.3, -0.25) is 9.48 Å². The van der Waals surface area contributed by atoms with Crippen LogP contribution in [0, 0.1) is 6.92 Å². The van der Waals surface area contributed by atoms with Crippen molar-refractivity contribution >= 4 is 27.7 Å². The summed E-state index contributed by atoms with van der Waals surface area (Å²) in [7, 11) is 1.77. The molecule has 1 N–H and O–H groups in total. The van der Waals surface area contributed by atoms with Crippen LogP contribution < -0.4 is 5.32 Å². The van der Waals surface area contributed by atoms with Crippen molar-refractivity contribution < 1.29 is 4.79 Å². The van der Waals surface area contributed by atoms with E-state index in [0.29, 0.717) is 21.7 Å². The van der Waals surface area contributed by atoms with Crippen molar-refractivity contribution in [1.29, 1.82) is 0 Å². The molecule has 1 amide bonds. The molecule has 0 aliphatic carbocycles. The Balaban J connectivity index is 2.17. The van der Waals surface area contributed by atoms with E-state index in [1.54, 1.807) is 24.9 Å². The van der Waals surface area contributed by atoms with Crippen LogP contribution >= 0.6 is 15.9 Å². The fourth-order valence-electron chi connectivity index (χ4n) is 1.38. The first-order valence-corrected chi connectivity index (χ1v) is 5.64. The second-order valence-electron chi connectivity index (χ2n) is 3.48. The maximum absolute atomic E-state index is 11.9. The lowest BCUT2D eigenvalue weighted by molar-refractivity contribution is 0.102. The van der Waals surface area contributed by atoms with Crippen molar-refractivity contribution in [2.24, 2.45) is 7.05 Å². The molecule has 0 fully saturated rings. The van der Waals surface area contributed by atoms with E-state index < -0.39 is 0 Å².